The molecule has 0 unspecified atom stereocenters. The van der Waals surface area contributed by atoms with Crippen molar-refractivity contribution in [2.24, 2.45) is 5.73 Å². The van der Waals surface area contributed by atoms with Gasteiger partial charge in [0.1, 0.15) is 0 Å². The molecule has 2 aromatic carbocycles. The molecule has 1 atom stereocenters. The predicted octanol–water partition coefficient (Wildman–Crippen LogP) is 3.33. The first-order valence-electron chi connectivity index (χ1n) is 6.48. The number of benzene rings is 2. The molecular formula is C17H16N2. The van der Waals surface area contributed by atoms with Crippen LogP contribution in [0, 0.1) is 0 Å². The Hall–Kier alpha value is -2.19. The molecule has 1 heterocycles. The van der Waals surface area contributed by atoms with Crippen LogP contribution in [0.2, 0.25) is 0 Å². The lowest BCUT2D eigenvalue weighted by atomic mass is 9.93. The molecule has 0 saturated heterocycles. The summed E-state index contributed by atoms with van der Waals surface area (Å²) >= 11 is 0. The van der Waals surface area contributed by atoms with Gasteiger partial charge in [0.15, 0.2) is 0 Å². The highest BCUT2D eigenvalue weighted by Crippen LogP contribution is 2.25. The van der Waals surface area contributed by atoms with E-state index in [1.807, 2.05) is 24.4 Å². The van der Waals surface area contributed by atoms with E-state index in [4.69, 9.17) is 5.73 Å². The summed E-state index contributed by atoms with van der Waals surface area (Å²) in [5.74, 6) is 0.158. The molecule has 0 saturated carbocycles. The van der Waals surface area contributed by atoms with Crippen LogP contribution in [-0.2, 0) is 0 Å². The summed E-state index contributed by atoms with van der Waals surface area (Å²) < 4.78 is 0. The monoisotopic (exact) mass is 248 g/mol. The van der Waals surface area contributed by atoms with Crippen LogP contribution in [0.1, 0.15) is 17.2 Å². The Labute approximate surface area is 112 Å². The van der Waals surface area contributed by atoms with Crippen molar-refractivity contribution in [3.63, 3.8) is 0 Å². The largest absolute Gasteiger partial charge is 0.329 e. The quantitative estimate of drug-likeness (QED) is 0.772. The van der Waals surface area contributed by atoms with Gasteiger partial charge in [0.25, 0.3) is 0 Å². The van der Waals surface area contributed by atoms with E-state index in [-0.39, 0.29) is 5.92 Å². The summed E-state index contributed by atoms with van der Waals surface area (Å²) in [5.41, 5.74) is 8.19. The lowest BCUT2D eigenvalue weighted by molar-refractivity contribution is 0.788. The Morgan fingerprint density at radius 3 is 2.42 bits per heavy atom. The van der Waals surface area contributed by atoms with Gasteiger partial charge in [-0.2, -0.15) is 0 Å². The fourth-order valence-corrected chi connectivity index (χ4v) is 2.43. The predicted molar refractivity (Wildman–Crippen MR) is 79.1 cm³/mol. The average molecular weight is 248 g/mol. The second kappa shape index (κ2) is 5.21. The van der Waals surface area contributed by atoms with Crippen molar-refractivity contribution in [2.45, 2.75) is 5.92 Å². The second-order valence-electron chi connectivity index (χ2n) is 4.65. The number of nitrogens with two attached hydrogens (primary N) is 1. The summed E-state index contributed by atoms with van der Waals surface area (Å²) in [7, 11) is 0. The van der Waals surface area contributed by atoms with Crippen molar-refractivity contribution >= 4 is 10.8 Å². The van der Waals surface area contributed by atoms with Crippen LogP contribution in [0.3, 0.4) is 0 Å². The summed E-state index contributed by atoms with van der Waals surface area (Å²) in [6, 6.07) is 20.8. The standard InChI is InChI=1S/C17H16N2/c18-12-16(17-7-3-4-10-19-17)15-9-8-13-5-1-2-6-14(13)11-15/h1-11,16H,12,18H2/t16-/m0/s1. The van der Waals surface area contributed by atoms with Crippen LogP contribution >= 0.6 is 0 Å². The van der Waals surface area contributed by atoms with E-state index in [1.165, 1.54) is 16.3 Å². The molecule has 94 valence electrons. The Bertz CT molecular complexity index is 677. The molecule has 0 radical (unpaired) electrons. The SMILES string of the molecule is NC[C@@H](c1ccc2ccccc2c1)c1ccccn1. The van der Waals surface area contributed by atoms with Crippen molar-refractivity contribution in [3.8, 4) is 0 Å². The first kappa shape index (κ1) is 11.9. The highest BCUT2D eigenvalue weighted by Gasteiger charge is 2.13. The molecule has 0 spiro atoms. The number of nitrogens with zero attached hydrogens (tertiary/aromatic N) is 1. The van der Waals surface area contributed by atoms with E-state index in [2.05, 4.69) is 47.4 Å². The smallest absolute Gasteiger partial charge is 0.0491 e. The lowest BCUT2D eigenvalue weighted by Crippen LogP contribution is -2.14. The third kappa shape index (κ3) is 2.35. The minimum atomic E-state index is 0.158. The molecule has 2 nitrogen and oxygen atoms in total. The van der Waals surface area contributed by atoms with Gasteiger partial charge < -0.3 is 5.73 Å². The second-order valence-corrected chi connectivity index (χ2v) is 4.65. The summed E-state index contributed by atoms with van der Waals surface area (Å²) in [6.07, 6.45) is 1.82. The maximum Gasteiger partial charge on any atom is 0.0491 e. The van der Waals surface area contributed by atoms with E-state index >= 15 is 0 Å². The maximum absolute atomic E-state index is 5.94. The highest BCUT2D eigenvalue weighted by atomic mass is 14.7. The van der Waals surface area contributed by atoms with Crippen LogP contribution in [0.4, 0.5) is 0 Å². The first-order valence-corrected chi connectivity index (χ1v) is 6.48. The molecule has 3 rings (SSSR count). The van der Waals surface area contributed by atoms with Crippen LogP contribution in [0.15, 0.2) is 66.9 Å². The molecule has 0 bridgehead atoms. The topological polar surface area (TPSA) is 38.9 Å². The zero-order valence-corrected chi connectivity index (χ0v) is 10.7. The fourth-order valence-electron chi connectivity index (χ4n) is 2.43. The van der Waals surface area contributed by atoms with Gasteiger partial charge in [0.05, 0.1) is 0 Å². The van der Waals surface area contributed by atoms with Crippen molar-refractivity contribution in [1.82, 2.24) is 4.98 Å². The van der Waals surface area contributed by atoms with Gasteiger partial charge in [-0.1, -0.05) is 48.5 Å². The number of pyridine rings is 1. The summed E-state index contributed by atoms with van der Waals surface area (Å²) in [5, 5.41) is 2.50. The third-order valence-corrected chi connectivity index (χ3v) is 3.46. The van der Waals surface area contributed by atoms with Crippen molar-refractivity contribution < 1.29 is 0 Å². The lowest BCUT2D eigenvalue weighted by Gasteiger charge is -2.15. The number of aromatic nitrogens is 1. The molecule has 1 aromatic heterocycles. The van der Waals surface area contributed by atoms with E-state index < -0.39 is 0 Å². The van der Waals surface area contributed by atoms with Crippen LogP contribution in [-0.4, -0.2) is 11.5 Å². The van der Waals surface area contributed by atoms with Crippen LogP contribution in [0.5, 0.6) is 0 Å². The summed E-state index contributed by atoms with van der Waals surface area (Å²) in [4.78, 5) is 4.43. The van der Waals surface area contributed by atoms with Crippen molar-refractivity contribution in [3.05, 3.63) is 78.1 Å². The van der Waals surface area contributed by atoms with E-state index in [1.54, 1.807) is 0 Å². The molecule has 2 heteroatoms. The minimum Gasteiger partial charge on any atom is -0.329 e. The molecule has 0 aliphatic heterocycles. The molecule has 2 N–H and O–H groups in total. The molecular weight excluding hydrogens is 232 g/mol. The average Bonchev–Trinajstić information content (AvgIpc) is 2.49. The Morgan fingerprint density at radius 1 is 0.895 bits per heavy atom. The van der Waals surface area contributed by atoms with Gasteiger partial charge >= 0.3 is 0 Å². The zero-order valence-electron chi connectivity index (χ0n) is 10.7. The maximum atomic E-state index is 5.94. The van der Waals surface area contributed by atoms with Gasteiger partial charge in [-0.25, -0.2) is 0 Å². The zero-order chi connectivity index (χ0) is 13.1. The van der Waals surface area contributed by atoms with Crippen molar-refractivity contribution in [1.29, 1.82) is 0 Å². The molecule has 0 aliphatic carbocycles. The Morgan fingerprint density at radius 2 is 1.68 bits per heavy atom. The molecule has 0 fully saturated rings. The highest BCUT2D eigenvalue weighted by molar-refractivity contribution is 5.83. The van der Waals surface area contributed by atoms with Gasteiger partial charge in [0, 0.05) is 24.4 Å². The van der Waals surface area contributed by atoms with Crippen molar-refractivity contribution in [2.75, 3.05) is 6.54 Å². The third-order valence-electron chi connectivity index (χ3n) is 3.46. The summed E-state index contributed by atoms with van der Waals surface area (Å²) in [6.45, 7) is 0.565. The fraction of sp³-hybridized carbons (Fsp3) is 0.118. The number of fused-ring (bicyclic) bond motifs is 1. The molecule has 0 aliphatic rings. The van der Waals surface area contributed by atoms with E-state index in [0.717, 1.165) is 5.69 Å². The Kier molecular flexibility index (Phi) is 3.25. The molecule has 0 amide bonds. The van der Waals surface area contributed by atoms with Gasteiger partial charge in [-0.3, -0.25) is 4.98 Å². The van der Waals surface area contributed by atoms with Crippen LogP contribution in [0.25, 0.3) is 10.8 Å². The normalized spacial score (nSPS) is 12.5. The minimum absolute atomic E-state index is 0.158. The first-order chi connectivity index (χ1) is 9.38. The van der Waals surface area contributed by atoms with Gasteiger partial charge in [-0.05, 0) is 28.5 Å². The number of rotatable bonds is 3. The van der Waals surface area contributed by atoms with Gasteiger partial charge in [0.2, 0.25) is 0 Å². The number of hydrogen-bond acceptors (Lipinski definition) is 2. The van der Waals surface area contributed by atoms with E-state index in [0.29, 0.717) is 6.54 Å². The van der Waals surface area contributed by atoms with Gasteiger partial charge in [-0.15, -0.1) is 0 Å². The molecule has 19 heavy (non-hydrogen) atoms. The number of hydrogen-bond donors (Lipinski definition) is 1. The Balaban J connectivity index is 2.06. The van der Waals surface area contributed by atoms with E-state index in [9.17, 15) is 0 Å². The molecule has 3 aromatic rings. The van der Waals surface area contributed by atoms with Crippen LogP contribution < -0.4 is 5.73 Å².